The van der Waals surface area contributed by atoms with E-state index in [2.05, 4.69) is 5.32 Å². The molecule has 1 amide bonds. The summed E-state index contributed by atoms with van der Waals surface area (Å²) in [4.78, 5) is 12.5. The van der Waals surface area contributed by atoms with E-state index < -0.39 is 15.9 Å². The Balaban J connectivity index is 1.84. The second kappa shape index (κ2) is 10.0. The van der Waals surface area contributed by atoms with Crippen molar-refractivity contribution in [1.29, 1.82) is 0 Å². The number of hydrogen-bond acceptors (Lipinski definition) is 5. The van der Waals surface area contributed by atoms with Crippen molar-refractivity contribution in [3.05, 3.63) is 59.9 Å². The number of halogens is 1. The van der Waals surface area contributed by atoms with Gasteiger partial charge in [0, 0.05) is 19.2 Å². The van der Waals surface area contributed by atoms with E-state index in [9.17, 15) is 17.6 Å². The fraction of sp³-hybridized carbons (Fsp3) is 0.318. The number of sulfonamides is 1. The van der Waals surface area contributed by atoms with Gasteiger partial charge in [-0.25, -0.2) is 12.8 Å². The molecule has 2 aromatic carbocycles. The molecule has 0 aliphatic carbocycles. The van der Waals surface area contributed by atoms with Crippen molar-refractivity contribution >= 4 is 27.7 Å². The summed E-state index contributed by atoms with van der Waals surface area (Å²) >= 11 is 0. The minimum atomic E-state index is -3.73. The van der Waals surface area contributed by atoms with E-state index in [1.54, 1.807) is 12.1 Å². The van der Waals surface area contributed by atoms with Gasteiger partial charge in [0.25, 0.3) is 0 Å². The maximum Gasteiger partial charge on any atom is 0.248 e. The fourth-order valence-corrected chi connectivity index (χ4v) is 4.41. The third-order valence-electron chi connectivity index (χ3n) is 4.48. The summed E-state index contributed by atoms with van der Waals surface area (Å²) in [5, 5.41) is 2.68. The van der Waals surface area contributed by atoms with Gasteiger partial charge in [0.05, 0.1) is 29.9 Å². The van der Waals surface area contributed by atoms with Gasteiger partial charge in [-0.3, -0.25) is 4.79 Å². The first kappa shape index (κ1) is 22.9. The van der Waals surface area contributed by atoms with Gasteiger partial charge < -0.3 is 14.8 Å². The molecule has 1 fully saturated rings. The predicted octanol–water partition coefficient (Wildman–Crippen LogP) is 3.29. The average Bonchev–Trinajstić information content (AvgIpc) is 2.75. The minimum Gasteiger partial charge on any atom is -0.489 e. The first-order valence-electron chi connectivity index (χ1n) is 9.89. The van der Waals surface area contributed by atoms with Gasteiger partial charge >= 0.3 is 0 Å². The molecule has 3 rings (SSSR count). The van der Waals surface area contributed by atoms with E-state index in [0.29, 0.717) is 24.5 Å². The fourth-order valence-electron chi connectivity index (χ4n) is 2.98. The summed E-state index contributed by atoms with van der Waals surface area (Å²) < 4.78 is 51.3. The summed E-state index contributed by atoms with van der Waals surface area (Å²) in [5.74, 6) is -0.478. The van der Waals surface area contributed by atoms with Crippen molar-refractivity contribution in [3.63, 3.8) is 0 Å². The molecule has 0 aromatic heterocycles. The Bertz CT molecular complexity index is 1050. The first-order chi connectivity index (χ1) is 14.8. The highest BCUT2D eigenvalue weighted by Gasteiger charge is 2.27. The zero-order chi connectivity index (χ0) is 22.4. The minimum absolute atomic E-state index is 0.0586. The van der Waals surface area contributed by atoms with Crippen LogP contribution in [0.4, 0.5) is 10.1 Å². The molecular weight excluding hydrogens is 423 g/mol. The third-order valence-corrected chi connectivity index (χ3v) is 6.37. The van der Waals surface area contributed by atoms with Crippen LogP contribution in [0, 0.1) is 5.82 Å². The van der Waals surface area contributed by atoms with Crippen LogP contribution in [0.5, 0.6) is 5.75 Å². The van der Waals surface area contributed by atoms with E-state index in [1.165, 1.54) is 46.8 Å². The van der Waals surface area contributed by atoms with E-state index in [4.69, 9.17) is 9.47 Å². The molecule has 0 unspecified atom stereocenters. The molecule has 166 valence electrons. The predicted molar refractivity (Wildman–Crippen MR) is 116 cm³/mol. The van der Waals surface area contributed by atoms with Crippen molar-refractivity contribution in [1.82, 2.24) is 4.31 Å². The number of amides is 1. The number of nitrogens with one attached hydrogen (secondary N) is 1. The second-order valence-electron chi connectivity index (χ2n) is 7.22. The molecule has 1 N–H and O–H groups in total. The van der Waals surface area contributed by atoms with Crippen LogP contribution in [0.15, 0.2) is 53.4 Å². The van der Waals surface area contributed by atoms with Crippen LogP contribution in [0.2, 0.25) is 0 Å². The lowest BCUT2D eigenvalue weighted by Gasteiger charge is -2.26. The molecule has 0 spiro atoms. The molecule has 0 radical (unpaired) electrons. The molecule has 0 saturated carbocycles. The Labute approximate surface area is 181 Å². The van der Waals surface area contributed by atoms with Gasteiger partial charge in [-0.05, 0) is 55.8 Å². The van der Waals surface area contributed by atoms with Gasteiger partial charge in [0.15, 0.2) is 0 Å². The third kappa shape index (κ3) is 6.13. The van der Waals surface area contributed by atoms with Crippen molar-refractivity contribution in [3.8, 4) is 5.75 Å². The Morgan fingerprint density at radius 1 is 1.16 bits per heavy atom. The average molecular weight is 449 g/mol. The summed E-state index contributed by atoms with van der Waals surface area (Å²) in [6, 6.07) is 10.1. The maximum absolute atomic E-state index is 13.0. The summed E-state index contributed by atoms with van der Waals surface area (Å²) in [5.41, 5.74) is 0.899. The normalized spacial score (nSPS) is 15.4. The zero-order valence-corrected chi connectivity index (χ0v) is 18.2. The molecule has 2 aromatic rings. The SMILES string of the molecule is CC(C)Oc1ccc(S(=O)(=O)N2CCOCC2)cc1NC(=O)C=Cc1ccc(F)cc1. The van der Waals surface area contributed by atoms with Crippen LogP contribution in [0.1, 0.15) is 19.4 Å². The van der Waals surface area contributed by atoms with Gasteiger partial charge in [-0.2, -0.15) is 4.31 Å². The smallest absolute Gasteiger partial charge is 0.248 e. The van der Waals surface area contributed by atoms with Crippen LogP contribution >= 0.6 is 0 Å². The molecule has 31 heavy (non-hydrogen) atoms. The van der Waals surface area contributed by atoms with E-state index in [-0.39, 0.29) is 35.6 Å². The summed E-state index contributed by atoms with van der Waals surface area (Å²) in [6.07, 6.45) is 2.65. The molecular formula is C22H25FN2O5S. The van der Waals surface area contributed by atoms with E-state index in [0.717, 1.165) is 0 Å². The summed E-state index contributed by atoms with van der Waals surface area (Å²) in [7, 11) is -3.73. The maximum atomic E-state index is 13.0. The van der Waals surface area contributed by atoms with Gasteiger partial charge in [0.2, 0.25) is 15.9 Å². The number of hydrogen-bond donors (Lipinski definition) is 1. The first-order valence-corrected chi connectivity index (χ1v) is 11.3. The Hall–Kier alpha value is -2.75. The number of rotatable bonds is 7. The van der Waals surface area contributed by atoms with Crippen molar-refractivity contribution in [2.75, 3.05) is 31.6 Å². The monoisotopic (exact) mass is 448 g/mol. The Kier molecular flexibility index (Phi) is 7.42. The number of morpholine rings is 1. The van der Waals surface area contributed by atoms with E-state index >= 15 is 0 Å². The number of benzene rings is 2. The molecule has 1 aliphatic rings. The Morgan fingerprint density at radius 3 is 2.48 bits per heavy atom. The second-order valence-corrected chi connectivity index (χ2v) is 9.15. The Morgan fingerprint density at radius 2 is 1.84 bits per heavy atom. The topological polar surface area (TPSA) is 84.9 Å². The van der Waals surface area contributed by atoms with Crippen LogP contribution in [-0.4, -0.2) is 51.0 Å². The van der Waals surface area contributed by atoms with E-state index in [1.807, 2.05) is 13.8 Å². The lowest BCUT2D eigenvalue weighted by atomic mass is 10.2. The quantitative estimate of drug-likeness (QED) is 0.657. The number of nitrogens with zero attached hydrogens (tertiary/aromatic N) is 1. The highest BCUT2D eigenvalue weighted by molar-refractivity contribution is 7.89. The van der Waals surface area contributed by atoms with Crippen molar-refractivity contribution < 1.29 is 27.1 Å². The molecule has 1 aliphatic heterocycles. The molecule has 0 atom stereocenters. The van der Waals surface area contributed by atoms with Crippen LogP contribution in [-0.2, 0) is 19.6 Å². The van der Waals surface area contributed by atoms with Crippen LogP contribution in [0.3, 0.4) is 0 Å². The highest BCUT2D eigenvalue weighted by atomic mass is 32.2. The zero-order valence-electron chi connectivity index (χ0n) is 17.4. The molecule has 0 bridgehead atoms. The summed E-state index contributed by atoms with van der Waals surface area (Å²) in [6.45, 7) is 4.89. The number of ether oxygens (including phenoxy) is 2. The molecule has 1 saturated heterocycles. The van der Waals surface area contributed by atoms with Crippen LogP contribution in [0.25, 0.3) is 6.08 Å². The lowest BCUT2D eigenvalue weighted by Crippen LogP contribution is -2.40. The highest BCUT2D eigenvalue weighted by Crippen LogP contribution is 2.30. The molecule has 9 heteroatoms. The van der Waals surface area contributed by atoms with Gasteiger partial charge in [-0.1, -0.05) is 12.1 Å². The van der Waals surface area contributed by atoms with Crippen molar-refractivity contribution in [2.24, 2.45) is 0 Å². The number of anilines is 1. The number of carbonyl (C=O) groups excluding carboxylic acids is 1. The number of carbonyl (C=O) groups is 1. The largest absolute Gasteiger partial charge is 0.489 e. The van der Waals surface area contributed by atoms with Gasteiger partial charge in [0.1, 0.15) is 11.6 Å². The van der Waals surface area contributed by atoms with Crippen LogP contribution < -0.4 is 10.1 Å². The lowest BCUT2D eigenvalue weighted by molar-refractivity contribution is -0.111. The molecule has 1 heterocycles. The van der Waals surface area contributed by atoms with Crippen molar-refractivity contribution in [2.45, 2.75) is 24.8 Å². The molecule has 7 nitrogen and oxygen atoms in total. The van der Waals surface area contributed by atoms with Gasteiger partial charge in [-0.15, -0.1) is 0 Å². The standard InChI is InChI=1S/C22H25FN2O5S/c1-16(2)30-21-9-8-19(31(27,28)25-11-13-29-14-12-25)15-20(21)24-22(26)10-5-17-3-6-18(23)7-4-17/h3-10,15-16H,11-14H2,1-2H3,(H,24,26).